The molecule has 2 aliphatic rings. The zero-order valence-corrected chi connectivity index (χ0v) is 15.8. The molecule has 0 radical (unpaired) electrons. The third-order valence-corrected chi connectivity index (χ3v) is 5.07. The second kappa shape index (κ2) is 8.63. The van der Waals surface area contributed by atoms with Crippen molar-refractivity contribution < 1.29 is 18.9 Å². The Morgan fingerprint density at radius 3 is 2.60 bits per heavy atom. The molecule has 0 N–H and O–H groups in total. The fraction of sp³-hybridized carbons (Fsp3) is 0.714. The Bertz CT molecular complexity index is 516. The Morgan fingerprint density at radius 2 is 1.92 bits per heavy atom. The van der Waals surface area contributed by atoms with Gasteiger partial charge in [-0.05, 0) is 25.8 Å². The van der Waals surface area contributed by atoms with Gasteiger partial charge in [0.1, 0.15) is 6.10 Å². The highest BCUT2D eigenvalue weighted by Crippen LogP contribution is 2.34. The highest BCUT2D eigenvalue weighted by atomic mass is 16.8. The molecule has 4 atom stereocenters. The number of unbranched alkanes of at least 4 members (excludes halogenated alkanes) is 2. The number of rotatable bonds is 8. The molecule has 1 aromatic rings. The van der Waals surface area contributed by atoms with E-state index in [1.807, 2.05) is 19.9 Å². The van der Waals surface area contributed by atoms with Crippen molar-refractivity contribution in [3.63, 3.8) is 0 Å². The fourth-order valence-corrected chi connectivity index (χ4v) is 3.69. The molecule has 4 nitrogen and oxygen atoms in total. The van der Waals surface area contributed by atoms with Crippen molar-refractivity contribution >= 4 is 0 Å². The second-order valence-electron chi connectivity index (χ2n) is 7.65. The normalized spacial score (nSPS) is 31.5. The van der Waals surface area contributed by atoms with Crippen LogP contribution in [-0.2, 0) is 25.6 Å². The monoisotopic (exact) mass is 348 g/mol. The van der Waals surface area contributed by atoms with Crippen molar-refractivity contribution in [1.29, 1.82) is 0 Å². The molecule has 25 heavy (non-hydrogen) atoms. The average Bonchev–Trinajstić information content (AvgIpc) is 3.17. The topological polar surface area (TPSA) is 36.9 Å². The summed E-state index contributed by atoms with van der Waals surface area (Å²) in [5.41, 5.74) is 1.21. The number of benzene rings is 1. The van der Waals surface area contributed by atoms with Gasteiger partial charge in [-0.15, -0.1) is 0 Å². The van der Waals surface area contributed by atoms with E-state index in [1.54, 1.807) is 0 Å². The maximum atomic E-state index is 6.36. The molecule has 0 aliphatic carbocycles. The van der Waals surface area contributed by atoms with E-state index in [1.165, 1.54) is 24.8 Å². The van der Waals surface area contributed by atoms with E-state index in [-0.39, 0.29) is 24.4 Å². The first-order valence-corrected chi connectivity index (χ1v) is 9.70. The summed E-state index contributed by atoms with van der Waals surface area (Å²) in [5.74, 6) is -0.505. The zero-order valence-electron chi connectivity index (χ0n) is 15.8. The summed E-state index contributed by atoms with van der Waals surface area (Å²) in [6.45, 7) is 7.39. The third kappa shape index (κ3) is 5.27. The molecule has 2 heterocycles. The molecular formula is C21H32O4. The van der Waals surface area contributed by atoms with Crippen molar-refractivity contribution in [3.05, 3.63) is 35.9 Å². The molecule has 0 saturated carbocycles. The molecule has 0 spiro atoms. The van der Waals surface area contributed by atoms with Gasteiger partial charge in [-0.1, -0.05) is 56.5 Å². The molecule has 2 aliphatic heterocycles. The second-order valence-corrected chi connectivity index (χ2v) is 7.65. The largest absolute Gasteiger partial charge is 0.371 e. The van der Waals surface area contributed by atoms with Gasteiger partial charge in [-0.25, -0.2) is 0 Å². The summed E-state index contributed by atoms with van der Waals surface area (Å²) in [6.07, 6.45) is 5.96. The van der Waals surface area contributed by atoms with Gasteiger partial charge in [-0.2, -0.15) is 0 Å². The molecule has 0 bridgehead atoms. The van der Waals surface area contributed by atoms with Crippen LogP contribution >= 0.6 is 0 Å². The quantitative estimate of drug-likeness (QED) is 0.650. The Hall–Kier alpha value is -0.940. The van der Waals surface area contributed by atoms with E-state index in [9.17, 15) is 0 Å². The van der Waals surface area contributed by atoms with Crippen LogP contribution in [0.25, 0.3) is 0 Å². The Balaban J connectivity index is 1.57. The van der Waals surface area contributed by atoms with Gasteiger partial charge < -0.3 is 18.9 Å². The first-order chi connectivity index (χ1) is 12.1. The van der Waals surface area contributed by atoms with Crippen LogP contribution in [0.15, 0.2) is 30.3 Å². The lowest BCUT2D eigenvalue weighted by atomic mass is 10.0. The predicted molar refractivity (Wildman–Crippen MR) is 97.3 cm³/mol. The Kier molecular flexibility index (Phi) is 6.50. The maximum Gasteiger partial charge on any atom is 0.163 e. The molecule has 0 unspecified atom stereocenters. The van der Waals surface area contributed by atoms with Gasteiger partial charge in [0.25, 0.3) is 0 Å². The molecule has 0 aromatic heterocycles. The molecule has 1 aromatic carbocycles. The Labute approximate surface area is 151 Å². The molecule has 140 valence electrons. The minimum atomic E-state index is -0.505. The minimum absolute atomic E-state index is 0.00833. The molecule has 2 saturated heterocycles. The summed E-state index contributed by atoms with van der Waals surface area (Å²) in [5, 5.41) is 0. The van der Waals surface area contributed by atoms with Gasteiger partial charge in [0.05, 0.1) is 31.5 Å². The van der Waals surface area contributed by atoms with E-state index >= 15 is 0 Å². The first kappa shape index (κ1) is 18.8. The van der Waals surface area contributed by atoms with E-state index in [0.717, 1.165) is 12.8 Å². The highest BCUT2D eigenvalue weighted by Gasteiger charge is 2.45. The maximum absolute atomic E-state index is 6.36. The van der Waals surface area contributed by atoms with Crippen molar-refractivity contribution in [1.82, 2.24) is 0 Å². The zero-order chi connectivity index (χ0) is 17.7. The van der Waals surface area contributed by atoms with Crippen molar-refractivity contribution in [2.45, 2.75) is 89.7 Å². The van der Waals surface area contributed by atoms with Gasteiger partial charge in [-0.3, -0.25) is 0 Å². The summed E-state index contributed by atoms with van der Waals surface area (Å²) < 4.78 is 24.3. The van der Waals surface area contributed by atoms with Gasteiger partial charge >= 0.3 is 0 Å². The van der Waals surface area contributed by atoms with Crippen LogP contribution < -0.4 is 0 Å². The lowest BCUT2D eigenvalue weighted by Crippen LogP contribution is -2.31. The first-order valence-electron chi connectivity index (χ1n) is 9.70. The average molecular weight is 348 g/mol. The van der Waals surface area contributed by atoms with E-state index in [4.69, 9.17) is 18.9 Å². The van der Waals surface area contributed by atoms with Crippen LogP contribution in [0.1, 0.15) is 58.4 Å². The van der Waals surface area contributed by atoms with Gasteiger partial charge in [0.15, 0.2) is 5.79 Å². The highest BCUT2D eigenvalue weighted by molar-refractivity contribution is 5.13. The molecule has 2 fully saturated rings. The SMILES string of the molecule is CCCCC[C@@H]1O[C@H]([C@@H]2COC(C)(C)O2)C[C@@H]1OCc1ccccc1. The van der Waals surface area contributed by atoms with E-state index in [2.05, 4.69) is 31.2 Å². The predicted octanol–water partition coefficient (Wildman–Crippen LogP) is 4.46. The van der Waals surface area contributed by atoms with Crippen LogP contribution in [0.5, 0.6) is 0 Å². The summed E-state index contributed by atoms with van der Waals surface area (Å²) in [4.78, 5) is 0. The van der Waals surface area contributed by atoms with Crippen LogP contribution in [0.3, 0.4) is 0 Å². The number of ether oxygens (including phenoxy) is 4. The van der Waals surface area contributed by atoms with E-state index in [0.29, 0.717) is 13.2 Å². The standard InChI is InChI=1S/C21H32O4/c1-4-5-7-12-17-18(22-14-16-10-8-6-9-11-16)13-19(24-17)20-15-23-21(2,3)25-20/h6,8-11,17-20H,4-5,7,12-15H2,1-3H3/t17-,18-,19-,20-/m0/s1. The Morgan fingerprint density at radius 1 is 1.12 bits per heavy atom. The lowest BCUT2D eigenvalue weighted by Gasteiger charge is -2.21. The van der Waals surface area contributed by atoms with Gasteiger partial charge in [0.2, 0.25) is 0 Å². The van der Waals surface area contributed by atoms with Crippen molar-refractivity contribution in [2.24, 2.45) is 0 Å². The van der Waals surface area contributed by atoms with E-state index < -0.39 is 5.79 Å². The third-order valence-electron chi connectivity index (χ3n) is 5.07. The van der Waals surface area contributed by atoms with Crippen LogP contribution in [-0.4, -0.2) is 36.8 Å². The van der Waals surface area contributed by atoms with Crippen molar-refractivity contribution in [2.75, 3.05) is 6.61 Å². The smallest absolute Gasteiger partial charge is 0.163 e. The summed E-state index contributed by atoms with van der Waals surface area (Å²) in [7, 11) is 0. The molecule has 0 amide bonds. The number of hydrogen-bond acceptors (Lipinski definition) is 4. The minimum Gasteiger partial charge on any atom is -0.371 e. The summed E-state index contributed by atoms with van der Waals surface area (Å²) >= 11 is 0. The van der Waals surface area contributed by atoms with Crippen molar-refractivity contribution in [3.8, 4) is 0 Å². The molecule has 3 rings (SSSR count). The number of hydrogen-bond donors (Lipinski definition) is 0. The lowest BCUT2D eigenvalue weighted by molar-refractivity contribution is -0.155. The fourth-order valence-electron chi connectivity index (χ4n) is 3.69. The summed E-state index contributed by atoms with van der Waals surface area (Å²) in [6, 6.07) is 10.4. The van der Waals surface area contributed by atoms with Gasteiger partial charge in [0, 0.05) is 6.42 Å². The molecular weight excluding hydrogens is 316 g/mol. The van der Waals surface area contributed by atoms with Crippen LogP contribution in [0.4, 0.5) is 0 Å². The van der Waals surface area contributed by atoms with Crippen LogP contribution in [0, 0.1) is 0 Å². The van der Waals surface area contributed by atoms with Crippen LogP contribution in [0.2, 0.25) is 0 Å². The molecule has 4 heteroatoms.